The minimum atomic E-state index is -4.57. The average molecular weight is 399 g/mol. The number of amides is 1. The second kappa shape index (κ2) is 6.74. The van der Waals surface area contributed by atoms with E-state index >= 15 is 0 Å². The summed E-state index contributed by atoms with van der Waals surface area (Å²) in [6.45, 7) is 0.940. The Kier molecular flexibility index (Phi) is 4.53. The van der Waals surface area contributed by atoms with Crippen LogP contribution in [-0.4, -0.2) is 41.0 Å². The number of anilines is 2. The van der Waals surface area contributed by atoms with Crippen molar-refractivity contribution in [2.75, 3.05) is 22.9 Å². The zero-order valence-electron chi connectivity index (χ0n) is 14.4. The summed E-state index contributed by atoms with van der Waals surface area (Å²) in [4.78, 5) is 16.5. The van der Waals surface area contributed by atoms with Crippen LogP contribution in [0.25, 0.3) is 0 Å². The molecule has 1 atom stereocenters. The normalized spacial score (nSPS) is 18.4. The highest BCUT2D eigenvalue weighted by molar-refractivity contribution is 6.31. The molecule has 1 aliphatic carbocycles. The molecule has 0 N–H and O–H groups in total. The fourth-order valence-corrected chi connectivity index (χ4v) is 3.69. The van der Waals surface area contributed by atoms with Crippen molar-refractivity contribution in [3.8, 4) is 0 Å². The predicted molar refractivity (Wildman–Crippen MR) is 96.1 cm³/mol. The molecule has 1 unspecified atom stereocenters. The Bertz CT molecular complexity index is 836. The van der Waals surface area contributed by atoms with Crippen LogP contribution in [0.1, 0.15) is 25.3 Å². The van der Waals surface area contributed by atoms with Gasteiger partial charge in [-0.2, -0.15) is 18.3 Å². The van der Waals surface area contributed by atoms with E-state index in [9.17, 15) is 18.0 Å². The monoisotopic (exact) mass is 398 g/mol. The number of fused-ring (bicyclic) bond motifs is 1. The van der Waals surface area contributed by atoms with Crippen LogP contribution < -0.4 is 9.80 Å². The third-order valence-corrected chi connectivity index (χ3v) is 5.22. The molecule has 0 bridgehead atoms. The number of halogens is 4. The van der Waals surface area contributed by atoms with Gasteiger partial charge < -0.3 is 9.80 Å². The Morgan fingerprint density at radius 2 is 2.04 bits per heavy atom. The van der Waals surface area contributed by atoms with Gasteiger partial charge in [0.1, 0.15) is 0 Å². The fraction of sp³-hybridized carbons (Fsp3) is 0.444. The summed E-state index contributed by atoms with van der Waals surface area (Å²) in [5.41, 5.74) is 1.43. The van der Waals surface area contributed by atoms with Crippen LogP contribution in [0.2, 0.25) is 5.02 Å². The first-order chi connectivity index (χ1) is 12.8. The fourth-order valence-electron chi connectivity index (χ4n) is 3.53. The quantitative estimate of drug-likeness (QED) is 0.780. The van der Waals surface area contributed by atoms with E-state index in [0.29, 0.717) is 29.8 Å². The van der Waals surface area contributed by atoms with Gasteiger partial charge in [0.15, 0.2) is 6.04 Å². The minimum Gasteiger partial charge on any atom is -0.365 e. The Hall–Kier alpha value is -2.22. The summed E-state index contributed by atoms with van der Waals surface area (Å²) in [7, 11) is 0. The molecule has 0 spiro atoms. The number of benzene rings is 1. The molecule has 1 aromatic carbocycles. The molecule has 2 heterocycles. The minimum absolute atomic E-state index is 0.340. The number of hydrogen-bond acceptors (Lipinski definition) is 3. The van der Waals surface area contributed by atoms with Gasteiger partial charge in [-0.05, 0) is 37.1 Å². The van der Waals surface area contributed by atoms with Crippen molar-refractivity contribution >= 4 is 28.9 Å². The van der Waals surface area contributed by atoms with E-state index in [2.05, 4.69) is 10.00 Å². The largest absolute Gasteiger partial charge is 0.411 e. The molecule has 1 aliphatic heterocycles. The average Bonchev–Trinajstić information content (AvgIpc) is 3.32. The van der Waals surface area contributed by atoms with Gasteiger partial charge >= 0.3 is 6.18 Å². The third kappa shape index (κ3) is 3.63. The summed E-state index contributed by atoms with van der Waals surface area (Å²) in [5, 5.41) is 4.13. The highest BCUT2D eigenvalue weighted by Crippen LogP contribution is 2.42. The predicted octanol–water partition coefficient (Wildman–Crippen LogP) is 4.05. The van der Waals surface area contributed by atoms with Crippen molar-refractivity contribution < 1.29 is 18.0 Å². The van der Waals surface area contributed by atoms with Crippen molar-refractivity contribution in [1.82, 2.24) is 9.78 Å². The number of nitrogens with zero attached hydrogens (tertiary/aromatic N) is 4. The highest BCUT2D eigenvalue weighted by atomic mass is 35.5. The first-order valence-corrected chi connectivity index (χ1v) is 9.15. The summed E-state index contributed by atoms with van der Waals surface area (Å²) in [6.07, 6.45) is -0.611. The van der Waals surface area contributed by atoms with Crippen molar-refractivity contribution in [3.05, 3.63) is 41.7 Å². The molecular weight excluding hydrogens is 381 g/mol. The van der Waals surface area contributed by atoms with Gasteiger partial charge in [-0.15, -0.1) is 0 Å². The molecule has 1 fully saturated rings. The molecule has 27 heavy (non-hydrogen) atoms. The number of carbonyl (C=O) groups excluding carboxylic acids is 1. The van der Waals surface area contributed by atoms with Crippen molar-refractivity contribution in [2.45, 2.75) is 37.5 Å². The number of hydrogen-bond donors (Lipinski definition) is 0. The number of aromatic nitrogens is 2. The van der Waals surface area contributed by atoms with Crippen LogP contribution in [0, 0.1) is 0 Å². The molecule has 0 radical (unpaired) electrons. The molecule has 5 nitrogen and oxygen atoms in total. The molecule has 2 aliphatic rings. The second-order valence-electron chi connectivity index (χ2n) is 6.85. The van der Waals surface area contributed by atoms with E-state index in [1.807, 2.05) is 6.07 Å². The van der Waals surface area contributed by atoms with Crippen molar-refractivity contribution in [3.63, 3.8) is 0 Å². The maximum absolute atomic E-state index is 13.5. The Balaban J connectivity index is 1.61. The van der Waals surface area contributed by atoms with E-state index < -0.39 is 24.5 Å². The maximum atomic E-state index is 13.5. The van der Waals surface area contributed by atoms with Crippen LogP contribution in [0.3, 0.4) is 0 Å². The molecule has 1 amide bonds. The molecule has 9 heteroatoms. The van der Waals surface area contributed by atoms with Gasteiger partial charge in [0, 0.05) is 36.5 Å². The van der Waals surface area contributed by atoms with E-state index in [1.165, 1.54) is 23.4 Å². The Labute approximate surface area is 159 Å². The molecule has 0 saturated heterocycles. The van der Waals surface area contributed by atoms with Gasteiger partial charge in [0.25, 0.3) is 0 Å². The molecule has 1 aromatic heterocycles. The van der Waals surface area contributed by atoms with Crippen molar-refractivity contribution in [2.24, 2.45) is 0 Å². The van der Waals surface area contributed by atoms with Gasteiger partial charge in [0.2, 0.25) is 5.91 Å². The Morgan fingerprint density at radius 3 is 2.67 bits per heavy atom. The molecular formula is C18H18ClF3N4O. The SMILES string of the molecule is O=C(CC(n1cccn1)C(F)(F)F)N1CCN(C2CC2)c2ccc(Cl)cc21. The van der Waals surface area contributed by atoms with Gasteiger partial charge in [-0.1, -0.05) is 11.6 Å². The lowest BCUT2D eigenvalue weighted by Crippen LogP contribution is -2.46. The lowest BCUT2D eigenvalue weighted by Gasteiger charge is -2.38. The van der Waals surface area contributed by atoms with Gasteiger partial charge in [0.05, 0.1) is 17.8 Å². The zero-order chi connectivity index (χ0) is 19.2. The third-order valence-electron chi connectivity index (χ3n) is 4.98. The second-order valence-corrected chi connectivity index (χ2v) is 7.29. The standard InChI is InChI=1S/C18H18ClF3N4O/c19-12-2-5-14-15(10-12)25(9-8-24(14)13-3-4-13)17(27)11-16(18(20,21)22)26-7-1-6-23-26/h1-2,5-7,10,13,16H,3-4,8-9,11H2. The van der Waals surface area contributed by atoms with Gasteiger partial charge in [-0.3, -0.25) is 9.48 Å². The number of alkyl halides is 3. The summed E-state index contributed by atoms with van der Waals surface area (Å²) >= 11 is 6.10. The molecule has 1 saturated carbocycles. The maximum Gasteiger partial charge on any atom is 0.411 e. The lowest BCUT2D eigenvalue weighted by molar-refractivity contribution is -0.174. The first-order valence-electron chi connectivity index (χ1n) is 8.77. The van der Waals surface area contributed by atoms with E-state index in [1.54, 1.807) is 12.1 Å². The first kappa shape index (κ1) is 18.2. The van der Waals surface area contributed by atoms with Crippen LogP contribution in [0.15, 0.2) is 36.7 Å². The van der Waals surface area contributed by atoms with Crippen LogP contribution in [0.5, 0.6) is 0 Å². The topological polar surface area (TPSA) is 41.4 Å². The Morgan fingerprint density at radius 1 is 1.26 bits per heavy atom. The van der Waals surface area contributed by atoms with Crippen LogP contribution in [-0.2, 0) is 4.79 Å². The van der Waals surface area contributed by atoms with Crippen LogP contribution in [0.4, 0.5) is 24.5 Å². The zero-order valence-corrected chi connectivity index (χ0v) is 15.1. The molecule has 2 aromatic rings. The van der Waals surface area contributed by atoms with E-state index in [4.69, 9.17) is 11.6 Å². The summed E-state index contributed by atoms with van der Waals surface area (Å²) in [5.74, 6) is -0.591. The number of rotatable bonds is 4. The van der Waals surface area contributed by atoms with Crippen molar-refractivity contribution in [1.29, 1.82) is 0 Å². The van der Waals surface area contributed by atoms with Gasteiger partial charge in [-0.25, -0.2) is 0 Å². The highest BCUT2D eigenvalue weighted by Gasteiger charge is 2.44. The lowest BCUT2D eigenvalue weighted by atomic mass is 10.1. The smallest absolute Gasteiger partial charge is 0.365 e. The van der Waals surface area contributed by atoms with Crippen LogP contribution >= 0.6 is 11.6 Å². The summed E-state index contributed by atoms with van der Waals surface area (Å²) in [6, 6.07) is 5.08. The molecule has 144 valence electrons. The van der Waals surface area contributed by atoms with E-state index in [0.717, 1.165) is 23.2 Å². The van der Waals surface area contributed by atoms with E-state index in [-0.39, 0.29) is 0 Å². The number of carbonyl (C=O) groups is 1. The molecule has 4 rings (SSSR count). The summed E-state index contributed by atoms with van der Waals surface area (Å²) < 4.78 is 41.2.